The van der Waals surface area contributed by atoms with Crippen LogP contribution in [0.4, 0.5) is 4.39 Å². The number of hydrogen-bond acceptors (Lipinski definition) is 5. The average molecular weight is 371 g/mol. The third-order valence-electron chi connectivity index (χ3n) is 3.74. The van der Waals surface area contributed by atoms with Crippen molar-refractivity contribution in [2.45, 2.75) is 23.9 Å². The summed E-state index contributed by atoms with van der Waals surface area (Å²) in [5.74, 6) is 5.62. The summed E-state index contributed by atoms with van der Waals surface area (Å²) in [5, 5.41) is 10.7. The highest BCUT2D eigenvalue weighted by molar-refractivity contribution is 8.00. The second-order valence-corrected chi connectivity index (χ2v) is 6.93. The smallest absolute Gasteiger partial charge is 0.233 e. The Labute approximate surface area is 154 Å². The molecule has 1 atom stereocenters. The second-order valence-electron chi connectivity index (χ2n) is 5.62. The fourth-order valence-corrected chi connectivity index (χ4v) is 3.12. The molecule has 2 aromatic carbocycles. The summed E-state index contributed by atoms with van der Waals surface area (Å²) >= 11 is 1.16. The number of nitrogens with one attached hydrogen (secondary N) is 1. The van der Waals surface area contributed by atoms with Crippen molar-refractivity contribution < 1.29 is 9.18 Å². The van der Waals surface area contributed by atoms with Crippen molar-refractivity contribution in [3.8, 4) is 11.4 Å². The third kappa shape index (κ3) is 4.02. The lowest BCUT2D eigenvalue weighted by Crippen LogP contribution is -2.30. The van der Waals surface area contributed by atoms with E-state index >= 15 is 0 Å². The standard InChI is InChI=1S/C18H18FN5OS/c1-12(17(25)21-11-13-7-3-2-4-8-13)26-18-23-22-16(24(18)20)14-9-5-6-10-15(14)19/h2-10,12H,11,20H2,1H3,(H,21,25). The van der Waals surface area contributed by atoms with E-state index in [1.54, 1.807) is 25.1 Å². The molecule has 0 radical (unpaired) electrons. The molecule has 8 heteroatoms. The van der Waals surface area contributed by atoms with E-state index in [2.05, 4.69) is 15.5 Å². The predicted octanol–water partition coefficient (Wildman–Crippen LogP) is 2.60. The first-order valence-electron chi connectivity index (χ1n) is 8.00. The Morgan fingerprint density at radius 1 is 1.19 bits per heavy atom. The minimum Gasteiger partial charge on any atom is -0.351 e. The molecule has 1 heterocycles. The number of aromatic nitrogens is 3. The summed E-state index contributed by atoms with van der Waals surface area (Å²) in [6, 6.07) is 15.8. The van der Waals surface area contributed by atoms with Gasteiger partial charge in [0.15, 0.2) is 5.82 Å². The Kier molecular flexibility index (Phi) is 5.52. The highest BCUT2D eigenvalue weighted by Crippen LogP contribution is 2.26. The van der Waals surface area contributed by atoms with E-state index < -0.39 is 11.1 Å². The predicted molar refractivity (Wildman–Crippen MR) is 99.2 cm³/mol. The maximum absolute atomic E-state index is 13.9. The van der Waals surface area contributed by atoms with Crippen LogP contribution in [0.25, 0.3) is 11.4 Å². The zero-order valence-corrected chi connectivity index (χ0v) is 14.9. The molecule has 3 aromatic rings. The first kappa shape index (κ1) is 17.9. The number of nitrogens with zero attached hydrogens (tertiary/aromatic N) is 3. The quantitative estimate of drug-likeness (QED) is 0.514. The van der Waals surface area contributed by atoms with Gasteiger partial charge in [-0.15, -0.1) is 10.2 Å². The molecule has 0 fully saturated rings. The highest BCUT2D eigenvalue weighted by Gasteiger charge is 2.20. The number of amides is 1. The molecule has 0 spiro atoms. The van der Waals surface area contributed by atoms with Gasteiger partial charge in [0.2, 0.25) is 11.1 Å². The summed E-state index contributed by atoms with van der Waals surface area (Å²) in [6.07, 6.45) is 0. The molecule has 0 aliphatic carbocycles. The molecule has 6 nitrogen and oxygen atoms in total. The van der Waals surface area contributed by atoms with Crippen molar-refractivity contribution in [3.05, 3.63) is 66.0 Å². The molecule has 134 valence electrons. The van der Waals surface area contributed by atoms with Crippen LogP contribution in [0.2, 0.25) is 0 Å². The number of thioether (sulfide) groups is 1. The number of nitrogen functional groups attached to an aromatic ring is 1. The van der Waals surface area contributed by atoms with E-state index in [0.717, 1.165) is 17.3 Å². The molecule has 1 unspecified atom stereocenters. The van der Waals surface area contributed by atoms with Gasteiger partial charge in [-0.25, -0.2) is 9.07 Å². The second kappa shape index (κ2) is 8.01. The van der Waals surface area contributed by atoms with Crippen molar-refractivity contribution in [1.29, 1.82) is 0 Å². The van der Waals surface area contributed by atoms with Crippen LogP contribution in [-0.4, -0.2) is 26.0 Å². The van der Waals surface area contributed by atoms with Crippen LogP contribution in [0.15, 0.2) is 59.8 Å². The van der Waals surface area contributed by atoms with Crippen LogP contribution >= 0.6 is 11.8 Å². The number of halogens is 1. The lowest BCUT2D eigenvalue weighted by molar-refractivity contribution is -0.120. The Balaban J connectivity index is 1.65. The zero-order chi connectivity index (χ0) is 18.5. The number of carbonyl (C=O) groups is 1. The molecule has 0 saturated heterocycles. The lowest BCUT2D eigenvalue weighted by atomic mass is 10.2. The summed E-state index contributed by atoms with van der Waals surface area (Å²) in [7, 11) is 0. The van der Waals surface area contributed by atoms with Gasteiger partial charge in [-0.2, -0.15) is 0 Å². The minimum absolute atomic E-state index is 0.144. The van der Waals surface area contributed by atoms with Gasteiger partial charge in [0.25, 0.3) is 0 Å². The topological polar surface area (TPSA) is 85.8 Å². The molecule has 3 rings (SSSR count). The van der Waals surface area contributed by atoms with E-state index in [9.17, 15) is 9.18 Å². The highest BCUT2D eigenvalue weighted by atomic mass is 32.2. The van der Waals surface area contributed by atoms with Crippen molar-refractivity contribution in [2.75, 3.05) is 5.84 Å². The first-order valence-corrected chi connectivity index (χ1v) is 8.88. The van der Waals surface area contributed by atoms with Crippen molar-refractivity contribution >= 4 is 17.7 Å². The number of carbonyl (C=O) groups excluding carboxylic acids is 1. The molecule has 0 bridgehead atoms. The van der Waals surface area contributed by atoms with E-state index in [1.807, 2.05) is 30.3 Å². The Morgan fingerprint density at radius 2 is 1.88 bits per heavy atom. The Hall–Kier alpha value is -2.87. The molecule has 26 heavy (non-hydrogen) atoms. The third-order valence-corrected chi connectivity index (χ3v) is 4.80. The van der Waals surface area contributed by atoms with Crippen LogP contribution in [0.5, 0.6) is 0 Å². The van der Waals surface area contributed by atoms with Gasteiger partial charge >= 0.3 is 0 Å². The van der Waals surface area contributed by atoms with Crippen molar-refractivity contribution in [1.82, 2.24) is 20.2 Å². The van der Waals surface area contributed by atoms with Crippen LogP contribution < -0.4 is 11.2 Å². The van der Waals surface area contributed by atoms with E-state index in [0.29, 0.717) is 11.7 Å². The Bertz CT molecular complexity index is 900. The number of nitrogens with two attached hydrogens (primary N) is 1. The van der Waals surface area contributed by atoms with Crippen LogP contribution in [-0.2, 0) is 11.3 Å². The number of hydrogen-bond donors (Lipinski definition) is 2. The normalized spacial score (nSPS) is 11.9. The van der Waals surface area contributed by atoms with Crippen LogP contribution in [0.1, 0.15) is 12.5 Å². The van der Waals surface area contributed by atoms with E-state index in [4.69, 9.17) is 5.84 Å². The number of rotatable bonds is 6. The monoisotopic (exact) mass is 371 g/mol. The summed E-state index contributed by atoms with van der Waals surface area (Å²) in [4.78, 5) is 12.3. The van der Waals surface area contributed by atoms with E-state index in [1.165, 1.54) is 10.7 Å². The SMILES string of the molecule is CC(Sc1nnc(-c2ccccc2F)n1N)C(=O)NCc1ccccc1. The van der Waals surface area contributed by atoms with Gasteiger partial charge in [-0.3, -0.25) is 4.79 Å². The summed E-state index contributed by atoms with van der Waals surface area (Å²) in [6.45, 7) is 2.20. The van der Waals surface area contributed by atoms with Crippen molar-refractivity contribution in [2.24, 2.45) is 0 Å². The molecule has 1 amide bonds. The first-order chi connectivity index (χ1) is 12.6. The van der Waals surface area contributed by atoms with Gasteiger partial charge in [-0.1, -0.05) is 54.2 Å². The molecule has 3 N–H and O–H groups in total. The molecule has 1 aromatic heterocycles. The zero-order valence-electron chi connectivity index (χ0n) is 14.1. The lowest BCUT2D eigenvalue weighted by Gasteiger charge is -2.11. The van der Waals surface area contributed by atoms with Crippen molar-refractivity contribution in [3.63, 3.8) is 0 Å². The Morgan fingerprint density at radius 3 is 2.62 bits per heavy atom. The summed E-state index contributed by atoms with van der Waals surface area (Å²) < 4.78 is 15.1. The average Bonchev–Trinajstić information content (AvgIpc) is 3.01. The maximum Gasteiger partial charge on any atom is 0.233 e. The van der Waals surface area contributed by atoms with Crippen LogP contribution in [0.3, 0.4) is 0 Å². The van der Waals surface area contributed by atoms with Gasteiger partial charge in [0.1, 0.15) is 5.82 Å². The van der Waals surface area contributed by atoms with E-state index in [-0.39, 0.29) is 17.3 Å². The van der Waals surface area contributed by atoms with Gasteiger partial charge in [0, 0.05) is 6.54 Å². The van der Waals surface area contributed by atoms with Gasteiger partial charge in [0.05, 0.1) is 10.8 Å². The molecule has 0 aliphatic rings. The molecule has 0 saturated carbocycles. The van der Waals surface area contributed by atoms with Crippen LogP contribution in [0, 0.1) is 5.82 Å². The fourth-order valence-electron chi connectivity index (χ4n) is 2.32. The molecular formula is C18H18FN5OS. The summed E-state index contributed by atoms with van der Waals surface area (Å²) in [5.41, 5.74) is 1.28. The molecular weight excluding hydrogens is 353 g/mol. The largest absolute Gasteiger partial charge is 0.351 e. The van der Waals surface area contributed by atoms with Gasteiger partial charge in [-0.05, 0) is 24.6 Å². The minimum atomic E-state index is -0.434. The number of benzene rings is 2. The fraction of sp³-hybridized carbons (Fsp3) is 0.167. The molecule has 0 aliphatic heterocycles. The van der Waals surface area contributed by atoms with Gasteiger partial charge < -0.3 is 11.2 Å². The maximum atomic E-state index is 13.9.